The van der Waals surface area contributed by atoms with E-state index < -0.39 is 0 Å². The van der Waals surface area contributed by atoms with Gasteiger partial charge < -0.3 is 26.8 Å². The van der Waals surface area contributed by atoms with Crippen LogP contribution in [-0.2, 0) is 4.74 Å². The molecule has 3 aromatic heterocycles. The van der Waals surface area contributed by atoms with Gasteiger partial charge in [0.1, 0.15) is 22.5 Å². The highest BCUT2D eigenvalue weighted by Gasteiger charge is 2.16. The van der Waals surface area contributed by atoms with Crippen LogP contribution in [0.2, 0.25) is 0 Å². The van der Waals surface area contributed by atoms with Crippen LogP contribution < -0.4 is 22.1 Å². The summed E-state index contributed by atoms with van der Waals surface area (Å²) in [6.07, 6.45) is 8.09. The normalized spacial score (nSPS) is 19.7. The number of hydrogen-bond donors (Lipinski definition) is 4. The molecule has 4 heterocycles. The Morgan fingerprint density at radius 1 is 1.06 bits per heavy atom. The van der Waals surface area contributed by atoms with Crippen molar-refractivity contribution in [1.82, 2.24) is 25.3 Å². The lowest BCUT2D eigenvalue weighted by Crippen LogP contribution is -2.43. The van der Waals surface area contributed by atoms with Gasteiger partial charge in [-0.1, -0.05) is 38.0 Å². The van der Waals surface area contributed by atoms with Gasteiger partial charge >= 0.3 is 0 Å². The molecule has 10 heteroatoms. The maximum Gasteiger partial charge on any atom is 0.190 e. The second-order valence-corrected chi connectivity index (χ2v) is 8.47. The number of nitrogens with zero attached hydrogens (tertiary/aromatic N) is 4. The third-order valence-corrected chi connectivity index (χ3v) is 5.82. The van der Waals surface area contributed by atoms with Crippen molar-refractivity contribution in [3.63, 3.8) is 0 Å². The van der Waals surface area contributed by atoms with Crippen LogP contribution in [0.5, 0.6) is 0 Å². The van der Waals surface area contributed by atoms with Gasteiger partial charge in [-0.05, 0) is 31.9 Å². The molecular formula is C23H38N8OS. The Balaban J connectivity index is 0.000000200. The molecule has 6 N–H and O–H groups in total. The smallest absolute Gasteiger partial charge is 0.190 e. The van der Waals surface area contributed by atoms with Gasteiger partial charge in [-0.25, -0.2) is 19.9 Å². The fourth-order valence-electron chi connectivity index (χ4n) is 3.16. The molecule has 3 aromatic rings. The summed E-state index contributed by atoms with van der Waals surface area (Å²) < 4.78 is 5.01. The van der Waals surface area contributed by atoms with Crippen LogP contribution in [0.15, 0.2) is 30.7 Å². The number of fused-ring (bicyclic) bond motifs is 1. The Kier molecular flexibility index (Phi) is 12.7. The van der Waals surface area contributed by atoms with Crippen LogP contribution in [0.3, 0.4) is 0 Å². The highest BCUT2D eigenvalue weighted by molar-refractivity contribution is 7.21. The monoisotopic (exact) mass is 474 g/mol. The molecule has 33 heavy (non-hydrogen) atoms. The van der Waals surface area contributed by atoms with Crippen molar-refractivity contribution < 1.29 is 4.74 Å². The Morgan fingerprint density at radius 2 is 1.76 bits per heavy atom. The molecule has 0 amide bonds. The summed E-state index contributed by atoms with van der Waals surface area (Å²) in [7, 11) is 0. The van der Waals surface area contributed by atoms with Crippen LogP contribution in [0, 0.1) is 6.92 Å². The van der Waals surface area contributed by atoms with E-state index in [9.17, 15) is 0 Å². The first-order valence-corrected chi connectivity index (χ1v) is 12.5. The topological polar surface area (TPSA) is 137 Å². The summed E-state index contributed by atoms with van der Waals surface area (Å²) >= 11 is 1.50. The highest BCUT2D eigenvalue weighted by Crippen LogP contribution is 2.25. The fraction of sp³-hybridized carbons (Fsp3) is 0.565. The second-order valence-electron chi connectivity index (χ2n) is 7.49. The van der Waals surface area contributed by atoms with Crippen LogP contribution in [0.4, 0.5) is 10.9 Å². The lowest BCUT2D eigenvalue weighted by atomic mass is 9.92. The molecule has 1 saturated heterocycles. The molecule has 1 unspecified atom stereocenters. The van der Waals surface area contributed by atoms with Gasteiger partial charge in [0.05, 0.1) is 13.2 Å². The molecule has 182 valence electrons. The summed E-state index contributed by atoms with van der Waals surface area (Å²) in [6, 6.07) is 6.25. The van der Waals surface area contributed by atoms with E-state index >= 15 is 0 Å². The van der Waals surface area contributed by atoms with E-state index in [-0.39, 0.29) is 12.1 Å². The number of morpholine rings is 1. The predicted octanol–water partition coefficient (Wildman–Crippen LogP) is 3.38. The van der Waals surface area contributed by atoms with Crippen molar-refractivity contribution in [2.45, 2.75) is 58.5 Å². The van der Waals surface area contributed by atoms with Crippen molar-refractivity contribution in [3.05, 3.63) is 36.4 Å². The van der Waals surface area contributed by atoms with Gasteiger partial charge in [-0.3, -0.25) is 0 Å². The maximum absolute atomic E-state index is 5.65. The number of anilines is 2. The minimum absolute atomic E-state index is 0.281. The third kappa shape index (κ3) is 10.1. The number of pyridine rings is 1. The summed E-state index contributed by atoms with van der Waals surface area (Å²) in [6.45, 7) is 9.76. The number of nitrogens with one attached hydrogen (secondary N) is 2. The molecule has 2 fully saturated rings. The minimum Gasteiger partial charge on any atom is -0.379 e. The van der Waals surface area contributed by atoms with Crippen molar-refractivity contribution in [2.24, 2.45) is 11.5 Å². The lowest BCUT2D eigenvalue weighted by molar-refractivity contribution is 0.109. The summed E-state index contributed by atoms with van der Waals surface area (Å²) in [5.74, 6) is 0.747. The molecule has 5 rings (SSSR count). The average Bonchev–Trinajstić information content (AvgIpc) is 3.26. The van der Waals surface area contributed by atoms with Crippen molar-refractivity contribution in [2.75, 3.05) is 31.6 Å². The molecule has 2 atom stereocenters. The first-order chi connectivity index (χ1) is 16.1. The molecule has 0 aromatic carbocycles. The number of ether oxygens (including phenoxy) is 1. The van der Waals surface area contributed by atoms with Gasteiger partial charge in [0.25, 0.3) is 0 Å². The number of nitrogens with two attached hydrogens (primary N) is 2. The zero-order chi connectivity index (χ0) is 23.9. The average molecular weight is 475 g/mol. The Hall–Kier alpha value is -2.24. The number of aryl methyl sites for hydroxylation is 1. The maximum atomic E-state index is 5.65. The first kappa shape index (κ1) is 27.0. The molecule has 0 bridgehead atoms. The summed E-state index contributed by atoms with van der Waals surface area (Å²) in [5.41, 5.74) is 13.1. The number of aromatic nitrogens is 4. The predicted molar refractivity (Wildman–Crippen MR) is 137 cm³/mol. The molecule has 2 aliphatic rings. The van der Waals surface area contributed by atoms with Gasteiger partial charge in [-0.2, -0.15) is 0 Å². The van der Waals surface area contributed by atoms with E-state index in [1.54, 1.807) is 6.20 Å². The molecular weight excluding hydrogens is 436 g/mol. The van der Waals surface area contributed by atoms with Crippen molar-refractivity contribution in [3.8, 4) is 0 Å². The fourth-order valence-corrected chi connectivity index (χ4v) is 3.97. The molecule has 0 radical (unpaired) electrons. The van der Waals surface area contributed by atoms with E-state index in [1.165, 1.54) is 30.5 Å². The van der Waals surface area contributed by atoms with E-state index in [1.807, 2.05) is 39.0 Å². The van der Waals surface area contributed by atoms with E-state index in [0.29, 0.717) is 0 Å². The number of thiazole rings is 1. The summed E-state index contributed by atoms with van der Waals surface area (Å²) in [5, 5.41) is 7.10. The molecule has 1 aliphatic heterocycles. The van der Waals surface area contributed by atoms with Crippen LogP contribution in [-0.4, -0.2) is 58.3 Å². The quantitative estimate of drug-likeness (QED) is 0.440. The number of rotatable bonds is 2. The van der Waals surface area contributed by atoms with E-state index in [4.69, 9.17) is 16.2 Å². The molecule has 9 nitrogen and oxygen atoms in total. The Labute approximate surface area is 200 Å². The highest BCUT2D eigenvalue weighted by atomic mass is 32.1. The van der Waals surface area contributed by atoms with Crippen molar-refractivity contribution >= 4 is 32.6 Å². The van der Waals surface area contributed by atoms with Gasteiger partial charge in [0.15, 0.2) is 5.13 Å². The van der Waals surface area contributed by atoms with Gasteiger partial charge in [0.2, 0.25) is 0 Å². The zero-order valence-electron chi connectivity index (χ0n) is 20.0. The SMILES string of the molecule is C1COCCN1.CC.Cc1cc(Nc2nc3cccnc3s2)ncn1.NC1CCCC[C@H]1N. The lowest BCUT2D eigenvalue weighted by Gasteiger charge is -2.24. The second kappa shape index (κ2) is 15.6. The Bertz CT molecular complexity index is 864. The zero-order valence-corrected chi connectivity index (χ0v) is 20.8. The van der Waals surface area contributed by atoms with Crippen LogP contribution in [0.25, 0.3) is 10.3 Å². The first-order valence-electron chi connectivity index (χ1n) is 11.7. The number of hydrogen-bond acceptors (Lipinski definition) is 10. The van der Waals surface area contributed by atoms with Gasteiger partial charge in [-0.15, -0.1) is 0 Å². The van der Waals surface area contributed by atoms with Gasteiger partial charge in [0, 0.05) is 43.1 Å². The standard InChI is InChI=1S/C11H9N5S.C6H14N2.C4H9NO.C2H6/c1-7-5-9(14-6-13-7)16-11-15-8-3-2-4-12-10(8)17-11;7-5-3-1-2-4-6(5)8;1-3-6-4-2-5-1;1-2/h2-6H,1H3,(H,13,14,15,16);5-6H,1-4,7-8H2;5H,1-4H2;1-2H3/t;5-,6?;;/m.1../s1. The molecule has 1 saturated carbocycles. The van der Waals surface area contributed by atoms with Crippen LogP contribution in [0.1, 0.15) is 45.2 Å². The molecule has 1 aliphatic carbocycles. The minimum atomic E-state index is 0.281. The van der Waals surface area contributed by atoms with E-state index in [0.717, 1.165) is 66.1 Å². The molecule has 0 spiro atoms. The van der Waals surface area contributed by atoms with Crippen LogP contribution >= 0.6 is 11.3 Å². The summed E-state index contributed by atoms with van der Waals surface area (Å²) in [4.78, 5) is 17.8. The van der Waals surface area contributed by atoms with E-state index in [2.05, 4.69) is 30.6 Å². The largest absolute Gasteiger partial charge is 0.379 e. The Morgan fingerprint density at radius 3 is 2.27 bits per heavy atom. The third-order valence-electron chi connectivity index (χ3n) is 4.93. The van der Waals surface area contributed by atoms with Crippen molar-refractivity contribution in [1.29, 1.82) is 0 Å².